The number of nitrogens with zero attached hydrogens (tertiary/aromatic N) is 2. The largest absolute Gasteiger partial charge is 0.342 e. The van der Waals surface area contributed by atoms with E-state index in [2.05, 4.69) is 32.0 Å². The average Bonchev–Trinajstić information content (AvgIpc) is 2.51. The Hall–Kier alpha value is -1.47. The van der Waals surface area contributed by atoms with Gasteiger partial charge in [0.2, 0.25) is 5.91 Å². The van der Waals surface area contributed by atoms with Crippen LogP contribution in [0.3, 0.4) is 0 Å². The molecule has 1 aromatic rings. The van der Waals surface area contributed by atoms with Crippen LogP contribution in [0.5, 0.6) is 0 Å². The zero-order valence-electron chi connectivity index (χ0n) is 13.0. The summed E-state index contributed by atoms with van der Waals surface area (Å²) in [6.07, 6.45) is 3.97. The Bertz CT molecular complexity index is 569. The number of benzene rings is 1. The van der Waals surface area contributed by atoms with Crippen LogP contribution in [0.1, 0.15) is 29.5 Å². The zero-order chi connectivity index (χ0) is 15.5. The third-order valence-electron chi connectivity index (χ3n) is 4.44. The van der Waals surface area contributed by atoms with Crippen molar-refractivity contribution in [3.63, 3.8) is 0 Å². The van der Waals surface area contributed by atoms with Gasteiger partial charge in [-0.15, -0.1) is 11.8 Å². The summed E-state index contributed by atoms with van der Waals surface area (Å²) in [5.41, 5.74) is 3.55. The van der Waals surface area contributed by atoms with Crippen molar-refractivity contribution in [2.75, 3.05) is 19.3 Å². The van der Waals surface area contributed by atoms with E-state index in [1.54, 1.807) is 11.8 Å². The van der Waals surface area contributed by atoms with E-state index < -0.39 is 0 Å². The Balaban J connectivity index is 1.96. The van der Waals surface area contributed by atoms with Crippen LogP contribution in [-0.4, -0.2) is 34.9 Å². The first-order valence-electron chi connectivity index (χ1n) is 7.30. The Morgan fingerprint density at radius 1 is 1.33 bits per heavy atom. The molecule has 1 aliphatic rings. The molecular weight excluding hydrogens is 280 g/mol. The fraction of sp³-hybridized carbons (Fsp3) is 0.529. The van der Waals surface area contributed by atoms with E-state index in [-0.39, 0.29) is 10.7 Å². The quantitative estimate of drug-likeness (QED) is 0.862. The smallest absolute Gasteiger partial charge is 0.226 e. The van der Waals surface area contributed by atoms with Gasteiger partial charge in [-0.25, -0.2) is 0 Å². The van der Waals surface area contributed by atoms with Gasteiger partial charge in [0.25, 0.3) is 0 Å². The van der Waals surface area contributed by atoms with Gasteiger partial charge in [-0.1, -0.05) is 18.2 Å². The first-order chi connectivity index (χ1) is 9.99. The van der Waals surface area contributed by atoms with Crippen molar-refractivity contribution < 1.29 is 4.79 Å². The molecular formula is C17H22N2OS. The van der Waals surface area contributed by atoms with E-state index in [1.165, 1.54) is 11.1 Å². The first kappa shape index (κ1) is 15.9. The summed E-state index contributed by atoms with van der Waals surface area (Å²) < 4.78 is -0.294. The maximum absolute atomic E-state index is 12.4. The predicted octanol–water partition coefficient (Wildman–Crippen LogP) is 3.09. The summed E-state index contributed by atoms with van der Waals surface area (Å²) in [7, 11) is 0. The molecule has 1 fully saturated rings. The Kier molecular flexibility index (Phi) is 4.95. The molecule has 1 aromatic carbocycles. The number of hydrogen-bond donors (Lipinski definition) is 0. The minimum absolute atomic E-state index is 0.172. The Labute approximate surface area is 131 Å². The molecule has 1 heterocycles. The molecule has 0 aromatic heterocycles. The molecule has 112 valence electrons. The number of thioether (sulfide) groups is 1. The van der Waals surface area contributed by atoms with E-state index in [4.69, 9.17) is 0 Å². The van der Waals surface area contributed by atoms with Crippen molar-refractivity contribution in [1.82, 2.24) is 4.90 Å². The number of carbonyl (C=O) groups excluding carboxylic acids is 1. The molecule has 2 rings (SSSR count). The van der Waals surface area contributed by atoms with Crippen LogP contribution in [0.2, 0.25) is 0 Å². The maximum Gasteiger partial charge on any atom is 0.226 e. The molecule has 21 heavy (non-hydrogen) atoms. The van der Waals surface area contributed by atoms with Crippen LogP contribution in [0.4, 0.5) is 0 Å². The lowest BCUT2D eigenvalue weighted by Crippen LogP contribution is -2.44. The lowest BCUT2D eigenvalue weighted by atomic mass is 9.96. The number of likely N-dealkylation sites (tertiary alicyclic amines) is 1. The third-order valence-corrected chi connectivity index (χ3v) is 5.73. The second-order valence-corrected chi connectivity index (χ2v) is 6.98. The van der Waals surface area contributed by atoms with Gasteiger partial charge in [-0.05, 0) is 49.6 Å². The highest BCUT2D eigenvalue weighted by Gasteiger charge is 2.35. The van der Waals surface area contributed by atoms with Crippen molar-refractivity contribution in [1.29, 1.82) is 5.26 Å². The van der Waals surface area contributed by atoms with Crippen molar-refractivity contribution in [3.05, 3.63) is 34.9 Å². The zero-order valence-corrected chi connectivity index (χ0v) is 13.8. The number of hydrogen-bond acceptors (Lipinski definition) is 3. The molecule has 3 nitrogen and oxygen atoms in total. The topological polar surface area (TPSA) is 44.1 Å². The second kappa shape index (κ2) is 6.53. The summed E-state index contributed by atoms with van der Waals surface area (Å²) in [4.78, 5) is 14.3. The molecule has 4 heteroatoms. The first-order valence-corrected chi connectivity index (χ1v) is 8.52. The fourth-order valence-corrected chi connectivity index (χ4v) is 3.36. The molecule has 0 atom stereocenters. The van der Waals surface area contributed by atoms with Crippen LogP contribution < -0.4 is 0 Å². The molecule has 0 spiro atoms. The van der Waals surface area contributed by atoms with Gasteiger partial charge in [0.05, 0.1) is 12.5 Å². The highest BCUT2D eigenvalue weighted by atomic mass is 32.2. The summed E-state index contributed by atoms with van der Waals surface area (Å²) in [5, 5.41) is 9.28. The molecule has 0 radical (unpaired) electrons. The number of rotatable bonds is 3. The standard InChI is InChI=1S/C17H22N2OS/c1-13-4-5-15(10-14(13)2)11-16(20)19-8-6-17(12-18,21-3)7-9-19/h4-5,10H,6-9,11H2,1-3H3. The second-order valence-electron chi connectivity index (χ2n) is 5.79. The molecule has 1 saturated heterocycles. The van der Waals surface area contributed by atoms with Crippen LogP contribution in [0, 0.1) is 25.2 Å². The van der Waals surface area contributed by atoms with Crippen molar-refractivity contribution >= 4 is 17.7 Å². The third kappa shape index (κ3) is 3.59. The SMILES string of the molecule is CSC1(C#N)CCN(C(=O)Cc2ccc(C)c(C)c2)CC1. The fourth-order valence-electron chi connectivity index (χ4n) is 2.68. The highest BCUT2D eigenvalue weighted by molar-refractivity contribution is 8.00. The van der Waals surface area contributed by atoms with Crippen LogP contribution >= 0.6 is 11.8 Å². The van der Waals surface area contributed by atoms with Gasteiger partial charge < -0.3 is 4.90 Å². The summed E-state index contributed by atoms with van der Waals surface area (Å²) in [6.45, 7) is 5.54. The maximum atomic E-state index is 12.4. The molecule has 1 aliphatic heterocycles. The van der Waals surface area contributed by atoms with Crippen molar-refractivity contribution in [2.24, 2.45) is 0 Å². The van der Waals surface area contributed by atoms with Crippen LogP contribution in [0.25, 0.3) is 0 Å². The molecule has 0 N–H and O–H groups in total. The molecule has 1 amide bonds. The highest BCUT2D eigenvalue weighted by Crippen LogP contribution is 2.33. The minimum Gasteiger partial charge on any atom is -0.342 e. The summed E-state index contributed by atoms with van der Waals surface area (Å²) in [6, 6.07) is 8.62. The molecule has 0 saturated carbocycles. The molecule has 0 unspecified atom stereocenters. The van der Waals surface area contributed by atoms with Gasteiger partial charge in [0.15, 0.2) is 0 Å². The number of carbonyl (C=O) groups is 1. The summed E-state index contributed by atoms with van der Waals surface area (Å²) >= 11 is 1.62. The lowest BCUT2D eigenvalue weighted by Gasteiger charge is -2.36. The minimum atomic E-state index is -0.294. The van der Waals surface area contributed by atoms with Gasteiger partial charge in [-0.3, -0.25) is 4.79 Å². The lowest BCUT2D eigenvalue weighted by molar-refractivity contribution is -0.131. The van der Waals surface area contributed by atoms with E-state index >= 15 is 0 Å². The van der Waals surface area contributed by atoms with Gasteiger partial charge in [0, 0.05) is 13.1 Å². The van der Waals surface area contributed by atoms with E-state index in [1.807, 2.05) is 17.2 Å². The van der Waals surface area contributed by atoms with Crippen molar-refractivity contribution in [3.8, 4) is 6.07 Å². The van der Waals surface area contributed by atoms with E-state index in [0.29, 0.717) is 19.5 Å². The predicted molar refractivity (Wildman–Crippen MR) is 87.3 cm³/mol. The number of nitriles is 1. The van der Waals surface area contributed by atoms with Gasteiger partial charge in [0.1, 0.15) is 4.75 Å². The van der Waals surface area contributed by atoms with E-state index in [9.17, 15) is 10.1 Å². The van der Waals surface area contributed by atoms with Crippen LogP contribution in [-0.2, 0) is 11.2 Å². The van der Waals surface area contributed by atoms with E-state index in [0.717, 1.165) is 18.4 Å². The average molecular weight is 302 g/mol. The molecule has 0 bridgehead atoms. The van der Waals surface area contributed by atoms with Gasteiger partial charge >= 0.3 is 0 Å². The normalized spacial score (nSPS) is 17.3. The summed E-state index contributed by atoms with van der Waals surface area (Å²) in [5.74, 6) is 0.172. The van der Waals surface area contributed by atoms with Gasteiger partial charge in [-0.2, -0.15) is 5.26 Å². The number of piperidine rings is 1. The number of aryl methyl sites for hydroxylation is 2. The Morgan fingerprint density at radius 2 is 2.00 bits per heavy atom. The van der Waals surface area contributed by atoms with Crippen LogP contribution in [0.15, 0.2) is 18.2 Å². The van der Waals surface area contributed by atoms with Crippen molar-refractivity contribution in [2.45, 2.75) is 37.9 Å². The molecule has 0 aliphatic carbocycles. The Morgan fingerprint density at radius 3 is 2.52 bits per heavy atom. The number of amides is 1. The monoisotopic (exact) mass is 302 g/mol.